The second-order valence-corrected chi connectivity index (χ2v) is 6.08. The van der Waals surface area contributed by atoms with Crippen LogP contribution in [0, 0.1) is 6.92 Å². The Morgan fingerprint density at radius 1 is 1.19 bits per heavy atom. The van der Waals surface area contributed by atoms with Crippen molar-refractivity contribution in [2.75, 3.05) is 13.1 Å². The molecule has 142 valence electrons. The molecule has 27 heavy (non-hydrogen) atoms. The van der Waals surface area contributed by atoms with Gasteiger partial charge in [0.25, 0.3) is 0 Å². The summed E-state index contributed by atoms with van der Waals surface area (Å²) in [5, 5.41) is 14.7. The number of nitrogens with one attached hydrogen (secondary N) is 2. The number of hydrogen-bond acceptors (Lipinski definition) is 5. The zero-order chi connectivity index (χ0) is 18.9. The summed E-state index contributed by atoms with van der Waals surface area (Å²) in [7, 11) is 0. The van der Waals surface area contributed by atoms with Gasteiger partial charge in [-0.05, 0) is 31.0 Å². The van der Waals surface area contributed by atoms with Crippen LogP contribution in [0.25, 0.3) is 0 Å². The normalized spacial score (nSPS) is 11.6. The molecular formula is C19H25N7O. The predicted molar refractivity (Wildman–Crippen MR) is 103 cm³/mol. The monoisotopic (exact) mass is 367 g/mol. The third kappa shape index (κ3) is 5.67. The summed E-state index contributed by atoms with van der Waals surface area (Å²) in [6, 6.07) is 10.2. The molecule has 0 spiro atoms. The van der Waals surface area contributed by atoms with Gasteiger partial charge in [0.2, 0.25) is 5.89 Å². The van der Waals surface area contributed by atoms with Crippen LogP contribution in [0.15, 0.2) is 52.2 Å². The molecule has 0 aliphatic heterocycles. The average molecular weight is 367 g/mol. The largest absolute Gasteiger partial charge is 0.357 e. The van der Waals surface area contributed by atoms with Crippen molar-refractivity contribution >= 4 is 5.96 Å². The summed E-state index contributed by atoms with van der Waals surface area (Å²) in [4.78, 5) is 8.92. The lowest BCUT2D eigenvalue weighted by Crippen LogP contribution is -2.38. The van der Waals surface area contributed by atoms with Crippen molar-refractivity contribution in [1.82, 2.24) is 30.6 Å². The fourth-order valence-electron chi connectivity index (χ4n) is 2.67. The summed E-state index contributed by atoms with van der Waals surface area (Å²) < 4.78 is 7.05. The summed E-state index contributed by atoms with van der Waals surface area (Å²) >= 11 is 0. The van der Waals surface area contributed by atoms with E-state index < -0.39 is 0 Å². The number of hydrogen-bond donors (Lipinski definition) is 2. The number of rotatable bonds is 8. The van der Waals surface area contributed by atoms with E-state index in [1.807, 2.05) is 42.9 Å². The molecule has 0 bridgehead atoms. The van der Waals surface area contributed by atoms with Crippen molar-refractivity contribution in [2.45, 2.75) is 33.4 Å². The van der Waals surface area contributed by atoms with Gasteiger partial charge in [-0.3, -0.25) is 4.68 Å². The highest BCUT2D eigenvalue weighted by atomic mass is 16.5. The molecule has 2 N–H and O–H groups in total. The molecule has 0 saturated heterocycles. The number of aliphatic imine (C=N–C) groups is 1. The van der Waals surface area contributed by atoms with Crippen LogP contribution >= 0.6 is 0 Å². The van der Waals surface area contributed by atoms with E-state index >= 15 is 0 Å². The lowest BCUT2D eigenvalue weighted by Gasteiger charge is -2.12. The second kappa shape index (κ2) is 9.51. The smallest absolute Gasteiger partial charge is 0.228 e. The minimum absolute atomic E-state index is 0.590. The van der Waals surface area contributed by atoms with Gasteiger partial charge in [0.05, 0.1) is 13.1 Å². The maximum absolute atomic E-state index is 5.13. The lowest BCUT2D eigenvalue weighted by atomic mass is 10.1. The predicted octanol–water partition coefficient (Wildman–Crippen LogP) is 1.92. The third-order valence-corrected chi connectivity index (χ3v) is 3.96. The van der Waals surface area contributed by atoms with Crippen LogP contribution in [0.1, 0.15) is 29.8 Å². The van der Waals surface area contributed by atoms with Gasteiger partial charge in [-0.25, -0.2) is 4.99 Å². The summed E-state index contributed by atoms with van der Waals surface area (Å²) in [5.74, 6) is 2.04. The van der Waals surface area contributed by atoms with Crippen molar-refractivity contribution in [3.63, 3.8) is 0 Å². The summed E-state index contributed by atoms with van der Waals surface area (Å²) in [6.45, 7) is 6.64. The number of guanidine groups is 1. The lowest BCUT2D eigenvalue weighted by molar-refractivity contribution is 0.374. The third-order valence-electron chi connectivity index (χ3n) is 3.96. The Bertz CT molecular complexity index is 855. The zero-order valence-corrected chi connectivity index (χ0v) is 15.7. The highest BCUT2D eigenvalue weighted by Gasteiger charge is 2.05. The number of aryl methyl sites for hydroxylation is 1. The van der Waals surface area contributed by atoms with E-state index in [-0.39, 0.29) is 0 Å². The van der Waals surface area contributed by atoms with Gasteiger partial charge < -0.3 is 15.2 Å². The number of aromatic nitrogens is 4. The van der Waals surface area contributed by atoms with E-state index in [4.69, 9.17) is 9.52 Å². The van der Waals surface area contributed by atoms with E-state index in [0.29, 0.717) is 31.2 Å². The molecule has 0 fully saturated rings. The van der Waals surface area contributed by atoms with Gasteiger partial charge in [0.1, 0.15) is 0 Å². The highest BCUT2D eigenvalue weighted by Crippen LogP contribution is 2.11. The first-order valence-corrected chi connectivity index (χ1v) is 9.10. The SMILES string of the molecule is CCNC(=NCc1ccccc1Cn1cccn1)NCCc1nc(C)no1. The van der Waals surface area contributed by atoms with Crippen molar-refractivity contribution in [2.24, 2.45) is 4.99 Å². The molecular weight excluding hydrogens is 342 g/mol. The van der Waals surface area contributed by atoms with E-state index in [2.05, 4.69) is 38.0 Å². The maximum Gasteiger partial charge on any atom is 0.228 e. The molecule has 3 rings (SSSR count). The first-order valence-electron chi connectivity index (χ1n) is 9.10. The Labute approximate surface area is 158 Å². The molecule has 2 heterocycles. The van der Waals surface area contributed by atoms with Gasteiger partial charge in [-0.15, -0.1) is 0 Å². The van der Waals surface area contributed by atoms with Crippen LogP contribution in [-0.2, 0) is 19.5 Å². The van der Waals surface area contributed by atoms with Crippen molar-refractivity contribution in [3.8, 4) is 0 Å². The number of nitrogens with zero attached hydrogens (tertiary/aromatic N) is 5. The van der Waals surface area contributed by atoms with Crippen LogP contribution < -0.4 is 10.6 Å². The molecule has 0 radical (unpaired) electrons. The Morgan fingerprint density at radius 2 is 2.04 bits per heavy atom. The molecule has 0 atom stereocenters. The van der Waals surface area contributed by atoms with Crippen LogP contribution in [-0.4, -0.2) is 39.0 Å². The molecule has 1 aromatic carbocycles. The Balaban J connectivity index is 1.60. The topological polar surface area (TPSA) is 93.2 Å². The van der Waals surface area contributed by atoms with Gasteiger partial charge in [-0.2, -0.15) is 10.1 Å². The minimum atomic E-state index is 0.590. The van der Waals surface area contributed by atoms with E-state index in [1.165, 1.54) is 11.1 Å². The van der Waals surface area contributed by atoms with Crippen molar-refractivity contribution in [1.29, 1.82) is 0 Å². The van der Waals surface area contributed by atoms with Gasteiger partial charge in [0.15, 0.2) is 11.8 Å². The summed E-state index contributed by atoms with van der Waals surface area (Å²) in [5.41, 5.74) is 2.39. The Kier molecular flexibility index (Phi) is 6.56. The molecule has 0 unspecified atom stereocenters. The van der Waals surface area contributed by atoms with Crippen LogP contribution in [0.2, 0.25) is 0 Å². The van der Waals surface area contributed by atoms with Crippen LogP contribution in [0.4, 0.5) is 0 Å². The van der Waals surface area contributed by atoms with Gasteiger partial charge in [-0.1, -0.05) is 29.4 Å². The first kappa shape index (κ1) is 18.6. The van der Waals surface area contributed by atoms with Crippen LogP contribution in [0.5, 0.6) is 0 Å². The molecule has 0 aliphatic rings. The highest BCUT2D eigenvalue weighted by molar-refractivity contribution is 5.79. The number of benzene rings is 1. The van der Waals surface area contributed by atoms with E-state index in [0.717, 1.165) is 19.0 Å². The average Bonchev–Trinajstić information content (AvgIpc) is 3.32. The fraction of sp³-hybridized carbons (Fsp3) is 0.368. The molecule has 2 aromatic heterocycles. The molecule has 3 aromatic rings. The maximum atomic E-state index is 5.13. The van der Waals surface area contributed by atoms with Crippen LogP contribution in [0.3, 0.4) is 0 Å². The standard InChI is InChI=1S/C19H25N7O/c1-3-20-19(21-11-9-18-24-15(2)25-27-18)22-13-16-7-4-5-8-17(16)14-26-12-6-10-23-26/h4-8,10,12H,3,9,11,13-14H2,1-2H3,(H2,20,21,22). The van der Waals surface area contributed by atoms with E-state index in [1.54, 1.807) is 6.20 Å². The van der Waals surface area contributed by atoms with E-state index in [9.17, 15) is 0 Å². The molecule has 0 amide bonds. The van der Waals surface area contributed by atoms with Crippen molar-refractivity contribution < 1.29 is 4.52 Å². The Hall–Kier alpha value is -3.16. The molecule has 8 heteroatoms. The fourth-order valence-corrected chi connectivity index (χ4v) is 2.67. The van der Waals surface area contributed by atoms with Gasteiger partial charge in [0, 0.05) is 31.9 Å². The quantitative estimate of drug-likeness (QED) is 0.467. The Morgan fingerprint density at radius 3 is 2.74 bits per heavy atom. The summed E-state index contributed by atoms with van der Waals surface area (Å²) in [6.07, 6.45) is 4.41. The first-order chi connectivity index (χ1) is 13.2. The molecule has 0 aliphatic carbocycles. The zero-order valence-electron chi connectivity index (χ0n) is 15.7. The minimum Gasteiger partial charge on any atom is -0.357 e. The van der Waals surface area contributed by atoms with Crippen molar-refractivity contribution in [3.05, 3.63) is 65.6 Å². The molecule has 8 nitrogen and oxygen atoms in total. The van der Waals surface area contributed by atoms with Gasteiger partial charge >= 0.3 is 0 Å². The second-order valence-electron chi connectivity index (χ2n) is 6.08. The molecule has 0 saturated carbocycles.